The van der Waals surface area contributed by atoms with Crippen LogP contribution in [-0.4, -0.2) is 49.4 Å². The van der Waals surface area contributed by atoms with Crippen molar-refractivity contribution in [1.29, 1.82) is 0 Å². The largest absolute Gasteiger partial charge is 0.461 e. The monoisotopic (exact) mass is 304 g/mol. The summed E-state index contributed by atoms with van der Waals surface area (Å²) < 4.78 is 26.4. The summed E-state index contributed by atoms with van der Waals surface area (Å²) in [6, 6.07) is 0. The molecule has 0 radical (unpaired) electrons. The van der Waals surface area contributed by atoms with Crippen molar-refractivity contribution in [2.24, 2.45) is 0 Å². The molecule has 0 N–H and O–H groups in total. The summed E-state index contributed by atoms with van der Waals surface area (Å²) in [5.74, 6) is -2.80. The van der Waals surface area contributed by atoms with Gasteiger partial charge in [-0.25, -0.2) is 9.59 Å². The minimum atomic E-state index is -1.44. The zero-order valence-electron chi connectivity index (χ0n) is 13.4. The lowest BCUT2D eigenvalue weighted by Gasteiger charge is -2.23. The second-order valence-electron chi connectivity index (χ2n) is 5.29. The van der Waals surface area contributed by atoms with Crippen LogP contribution in [0.25, 0.3) is 0 Å². The number of hydrogen-bond donors (Lipinski definition) is 0. The Bertz CT molecular complexity index is 342. The molecule has 0 aromatic heterocycles. The summed E-state index contributed by atoms with van der Waals surface area (Å²) in [5, 5.41) is 0. The third-order valence-electron chi connectivity index (χ3n) is 2.80. The highest BCUT2D eigenvalue weighted by Crippen LogP contribution is 2.33. The number of carbonyl (C=O) groups excluding carboxylic acids is 2. The summed E-state index contributed by atoms with van der Waals surface area (Å²) >= 11 is 0. The maximum atomic E-state index is 12.1. The number of carbonyl (C=O) groups is 2. The molecule has 1 aliphatic rings. The third-order valence-corrected chi connectivity index (χ3v) is 2.80. The first-order valence-corrected chi connectivity index (χ1v) is 7.06. The zero-order valence-corrected chi connectivity index (χ0v) is 13.4. The Kier molecular flexibility index (Phi) is 6.12. The van der Waals surface area contributed by atoms with E-state index in [1.54, 1.807) is 34.6 Å². The summed E-state index contributed by atoms with van der Waals surface area (Å²) in [6.45, 7) is 8.58. The van der Waals surface area contributed by atoms with Crippen LogP contribution >= 0.6 is 0 Å². The highest BCUT2D eigenvalue weighted by molar-refractivity contribution is 5.86. The van der Waals surface area contributed by atoms with Gasteiger partial charge in [-0.15, -0.1) is 0 Å². The van der Waals surface area contributed by atoms with Gasteiger partial charge in [0.25, 0.3) is 5.97 Å². The van der Waals surface area contributed by atoms with E-state index < -0.39 is 30.1 Å². The lowest BCUT2D eigenvalue weighted by atomic mass is 10.2. The van der Waals surface area contributed by atoms with E-state index >= 15 is 0 Å². The first-order chi connectivity index (χ1) is 9.74. The van der Waals surface area contributed by atoms with Gasteiger partial charge in [-0.2, -0.15) is 0 Å². The van der Waals surface area contributed by atoms with Gasteiger partial charge in [0, 0.05) is 13.5 Å². The molecule has 0 unspecified atom stereocenters. The van der Waals surface area contributed by atoms with E-state index in [0.717, 1.165) is 0 Å². The van der Waals surface area contributed by atoms with Gasteiger partial charge >= 0.3 is 11.9 Å². The molecular weight excluding hydrogens is 280 g/mol. The maximum Gasteiger partial charge on any atom is 0.339 e. The van der Waals surface area contributed by atoms with Crippen molar-refractivity contribution >= 4 is 11.9 Å². The molecule has 2 atom stereocenters. The Morgan fingerprint density at radius 3 is 1.62 bits per heavy atom. The molecule has 0 saturated carbocycles. The van der Waals surface area contributed by atoms with Gasteiger partial charge in [0.2, 0.25) is 0 Å². The smallest absolute Gasteiger partial charge is 0.339 e. The van der Waals surface area contributed by atoms with Crippen LogP contribution in [0.15, 0.2) is 0 Å². The van der Waals surface area contributed by atoms with Gasteiger partial charge in [0.05, 0.1) is 12.2 Å². The Hall–Kier alpha value is -1.18. The van der Waals surface area contributed by atoms with Gasteiger partial charge in [0.15, 0.2) is 12.2 Å². The SMILES string of the molecule is CCC1(OC)O[C@@H](C(=O)OC(C)C)[C@H](C(=O)OC(C)C)O1. The predicted octanol–water partition coefficient (Wildman–Crippen LogP) is 1.38. The quantitative estimate of drug-likeness (QED) is 0.686. The fraction of sp³-hybridized carbons (Fsp3) is 0.857. The summed E-state index contributed by atoms with van der Waals surface area (Å²) in [4.78, 5) is 24.2. The molecule has 122 valence electrons. The van der Waals surface area contributed by atoms with Crippen LogP contribution in [0.5, 0.6) is 0 Å². The van der Waals surface area contributed by atoms with Crippen molar-refractivity contribution in [2.45, 2.75) is 71.4 Å². The third kappa shape index (κ3) is 4.39. The molecule has 21 heavy (non-hydrogen) atoms. The maximum absolute atomic E-state index is 12.1. The van der Waals surface area contributed by atoms with Crippen molar-refractivity contribution in [2.75, 3.05) is 7.11 Å². The van der Waals surface area contributed by atoms with Crippen LogP contribution in [0, 0.1) is 0 Å². The second kappa shape index (κ2) is 7.20. The summed E-state index contributed by atoms with van der Waals surface area (Å²) in [6.07, 6.45) is -2.78. The van der Waals surface area contributed by atoms with Crippen LogP contribution < -0.4 is 0 Å². The standard InChI is InChI=1S/C14H24O7/c1-7-14(17-6)20-10(12(15)18-8(2)3)11(21-14)13(16)19-9(4)5/h8-11H,7H2,1-6H3/t10-,11-/m1/s1. The normalized spacial score (nSPS) is 24.4. The summed E-state index contributed by atoms with van der Waals surface area (Å²) in [5.41, 5.74) is 0. The highest BCUT2D eigenvalue weighted by Gasteiger charge is 2.55. The lowest BCUT2D eigenvalue weighted by molar-refractivity contribution is -0.330. The number of rotatable bonds is 6. The minimum absolute atomic E-state index is 0.306. The topological polar surface area (TPSA) is 80.3 Å². The average Bonchev–Trinajstić information content (AvgIpc) is 2.78. The van der Waals surface area contributed by atoms with E-state index in [9.17, 15) is 9.59 Å². The van der Waals surface area contributed by atoms with Gasteiger partial charge in [-0.3, -0.25) is 0 Å². The molecule has 1 rings (SSSR count). The number of hydrogen-bond acceptors (Lipinski definition) is 7. The van der Waals surface area contributed by atoms with Crippen LogP contribution in [-0.2, 0) is 33.3 Å². The van der Waals surface area contributed by atoms with E-state index in [1.807, 2.05) is 0 Å². The fourth-order valence-corrected chi connectivity index (χ4v) is 1.89. The van der Waals surface area contributed by atoms with Gasteiger partial charge in [0.1, 0.15) is 0 Å². The lowest BCUT2D eigenvalue weighted by Crippen LogP contribution is -2.40. The van der Waals surface area contributed by atoms with E-state index in [1.165, 1.54) is 7.11 Å². The van der Waals surface area contributed by atoms with E-state index in [4.69, 9.17) is 23.7 Å². The molecule has 7 heteroatoms. The van der Waals surface area contributed by atoms with Crippen LogP contribution in [0.4, 0.5) is 0 Å². The van der Waals surface area contributed by atoms with E-state index in [-0.39, 0.29) is 12.2 Å². The van der Waals surface area contributed by atoms with Gasteiger partial charge in [-0.1, -0.05) is 6.92 Å². The van der Waals surface area contributed by atoms with Gasteiger partial charge < -0.3 is 23.7 Å². The fourth-order valence-electron chi connectivity index (χ4n) is 1.89. The van der Waals surface area contributed by atoms with Crippen molar-refractivity contribution in [3.63, 3.8) is 0 Å². The van der Waals surface area contributed by atoms with Crippen LogP contribution in [0.1, 0.15) is 41.0 Å². The molecule has 0 amide bonds. The molecule has 7 nitrogen and oxygen atoms in total. The molecule has 1 fully saturated rings. The summed E-state index contributed by atoms with van der Waals surface area (Å²) in [7, 11) is 1.38. The molecule has 0 aromatic rings. The second-order valence-corrected chi connectivity index (χ2v) is 5.29. The van der Waals surface area contributed by atoms with Crippen LogP contribution in [0.2, 0.25) is 0 Å². The molecule has 0 aliphatic carbocycles. The molecule has 0 aromatic carbocycles. The molecule has 0 spiro atoms. The van der Waals surface area contributed by atoms with Gasteiger partial charge in [-0.05, 0) is 27.7 Å². The number of methoxy groups -OCH3 is 1. The Morgan fingerprint density at radius 2 is 1.38 bits per heavy atom. The Morgan fingerprint density at radius 1 is 1.00 bits per heavy atom. The minimum Gasteiger partial charge on any atom is -0.461 e. The zero-order chi connectivity index (χ0) is 16.2. The molecule has 0 bridgehead atoms. The van der Waals surface area contributed by atoms with Crippen LogP contribution in [0.3, 0.4) is 0 Å². The van der Waals surface area contributed by atoms with Crippen molar-refractivity contribution in [3.8, 4) is 0 Å². The number of esters is 2. The average molecular weight is 304 g/mol. The van der Waals surface area contributed by atoms with E-state index in [0.29, 0.717) is 6.42 Å². The van der Waals surface area contributed by atoms with Crippen molar-refractivity contribution < 1.29 is 33.3 Å². The predicted molar refractivity (Wildman–Crippen MR) is 72.2 cm³/mol. The Labute approximate surface area is 124 Å². The first-order valence-electron chi connectivity index (χ1n) is 7.06. The van der Waals surface area contributed by atoms with E-state index in [2.05, 4.69) is 0 Å². The molecule has 1 heterocycles. The first kappa shape index (κ1) is 17.9. The molecular formula is C14H24O7. The molecule has 1 aliphatic heterocycles. The van der Waals surface area contributed by atoms with Crippen molar-refractivity contribution in [3.05, 3.63) is 0 Å². The highest BCUT2D eigenvalue weighted by atomic mass is 16.9. The molecule has 1 saturated heterocycles. The van der Waals surface area contributed by atoms with Crippen molar-refractivity contribution in [1.82, 2.24) is 0 Å². The number of ether oxygens (including phenoxy) is 5. The Balaban J connectivity index is 2.94.